The topological polar surface area (TPSA) is 134 Å². The highest BCUT2D eigenvalue weighted by molar-refractivity contribution is 5.94. The van der Waals surface area contributed by atoms with E-state index < -0.39 is 11.7 Å². The predicted molar refractivity (Wildman–Crippen MR) is 31.5 cm³/mol. The first-order valence-electron chi connectivity index (χ1n) is 2.53. The average molecular weight is 159 g/mol. The van der Waals surface area contributed by atoms with Crippen LogP contribution in [-0.2, 0) is 0 Å². The summed E-state index contributed by atoms with van der Waals surface area (Å²) in [6.07, 6.45) is 0. The van der Waals surface area contributed by atoms with Crippen LogP contribution in [0, 0.1) is 5.21 Å². The van der Waals surface area contributed by atoms with Gasteiger partial charge in [0.25, 0.3) is 5.69 Å². The van der Waals surface area contributed by atoms with Gasteiger partial charge < -0.3 is 15.6 Å². The Balaban J connectivity index is 3.04. The Morgan fingerprint density at radius 1 is 1.82 bits per heavy atom. The Morgan fingerprint density at radius 2 is 2.45 bits per heavy atom. The van der Waals surface area contributed by atoms with E-state index in [2.05, 4.69) is 9.79 Å². The van der Waals surface area contributed by atoms with E-state index in [1.807, 2.05) is 0 Å². The zero-order chi connectivity index (χ0) is 8.43. The van der Waals surface area contributed by atoms with Crippen LogP contribution in [0.25, 0.3) is 0 Å². The van der Waals surface area contributed by atoms with Crippen molar-refractivity contribution in [1.29, 1.82) is 0 Å². The molecule has 0 fully saturated rings. The maximum Gasteiger partial charge on any atom is 0.309 e. The summed E-state index contributed by atoms with van der Waals surface area (Å²) in [5, 5.41) is 13.4. The van der Waals surface area contributed by atoms with Gasteiger partial charge in [0, 0.05) is 0 Å². The van der Waals surface area contributed by atoms with Gasteiger partial charge in [-0.1, -0.05) is 4.90 Å². The number of nitrogen functional groups attached to an aromatic ring is 2. The van der Waals surface area contributed by atoms with Gasteiger partial charge in [-0.3, -0.25) is 10.2 Å². The number of hydrogen-bond donors (Lipinski definition) is 3. The summed E-state index contributed by atoms with van der Waals surface area (Å²) in [4.78, 5) is 10.6. The molecule has 11 heavy (non-hydrogen) atoms. The van der Waals surface area contributed by atoms with Gasteiger partial charge in [0.15, 0.2) is 0 Å². The first-order valence-corrected chi connectivity index (χ1v) is 2.53. The van der Waals surface area contributed by atoms with Crippen molar-refractivity contribution in [3.05, 3.63) is 10.9 Å². The van der Waals surface area contributed by atoms with Gasteiger partial charge in [-0.2, -0.15) is 0 Å². The van der Waals surface area contributed by atoms with Crippen molar-refractivity contribution < 1.29 is 14.3 Å². The largest absolute Gasteiger partial charge is 0.391 e. The van der Waals surface area contributed by atoms with Gasteiger partial charge in [-0.15, -0.1) is 0 Å². The third kappa shape index (κ3) is 1.05. The molecule has 60 valence electrons. The number of carbonyl (C=O) groups excluding carboxylic acids is 1. The number of nitrogens with two attached hydrogens (primary N) is 2. The molecule has 5 N–H and O–H groups in total. The summed E-state index contributed by atoms with van der Waals surface area (Å²) in [7, 11) is 0. The van der Waals surface area contributed by atoms with Gasteiger partial charge in [0.2, 0.25) is 0 Å². The minimum Gasteiger partial charge on any atom is -0.391 e. The summed E-state index contributed by atoms with van der Waals surface area (Å²) < 4.78 is 3.99. The fraction of sp³-hybridized carbons (Fsp3) is 0. The molecule has 0 bridgehead atoms. The second-order valence-electron chi connectivity index (χ2n) is 1.64. The van der Waals surface area contributed by atoms with E-state index in [1.54, 1.807) is 5.43 Å². The van der Waals surface area contributed by atoms with E-state index in [4.69, 9.17) is 11.6 Å². The molecule has 1 heterocycles. The van der Waals surface area contributed by atoms with E-state index >= 15 is 0 Å². The quantitative estimate of drug-likeness (QED) is 0.179. The Bertz CT molecular complexity index is 281. The standard InChI is InChI=1S/C3H5N5O3/c4-2-1(3(9)6-5)7-11-8(2)10/h4-5H2,(H,6,9). The number of amides is 1. The molecule has 0 aromatic carbocycles. The number of nitrogens with zero attached hydrogens (tertiary/aromatic N) is 2. The van der Waals surface area contributed by atoms with E-state index in [9.17, 15) is 10.0 Å². The monoisotopic (exact) mass is 159 g/mol. The molecule has 1 amide bonds. The molecule has 1 rings (SSSR count). The number of hydrazine groups is 1. The highest BCUT2D eigenvalue weighted by Crippen LogP contribution is 1.99. The molecular formula is C3H5N5O3. The third-order valence-corrected chi connectivity index (χ3v) is 0.992. The Labute approximate surface area is 60.3 Å². The lowest BCUT2D eigenvalue weighted by Gasteiger charge is -1.89. The van der Waals surface area contributed by atoms with Gasteiger partial charge in [-0.25, -0.2) is 5.84 Å². The lowest BCUT2D eigenvalue weighted by atomic mass is 10.4. The molecule has 1 aromatic rings. The number of rotatable bonds is 1. The zero-order valence-corrected chi connectivity index (χ0v) is 5.27. The van der Waals surface area contributed by atoms with Crippen molar-refractivity contribution in [3.63, 3.8) is 0 Å². The number of nitrogens with one attached hydrogen (secondary N) is 1. The van der Waals surface area contributed by atoms with Crippen LogP contribution in [0.1, 0.15) is 10.5 Å². The summed E-state index contributed by atoms with van der Waals surface area (Å²) in [6.45, 7) is 0. The molecule has 0 unspecified atom stereocenters. The normalized spacial score (nSPS) is 9.55. The fourth-order valence-corrected chi connectivity index (χ4v) is 0.481. The molecule has 0 aliphatic rings. The molecule has 0 radical (unpaired) electrons. The molecule has 1 aromatic heterocycles. The molecule has 0 saturated heterocycles. The lowest BCUT2D eigenvalue weighted by molar-refractivity contribution is -0.790. The summed E-state index contributed by atoms with van der Waals surface area (Å²) in [5.74, 6) is 3.53. The molecule has 0 saturated carbocycles. The number of hydrogen-bond acceptors (Lipinski definition) is 6. The minimum atomic E-state index is -0.777. The van der Waals surface area contributed by atoms with E-state index in [-0.39, 0.29) is 10.6 Å². The SMILES string of the molecule is NNC(=O)c1no[n+]([O-])c1N. The van der Waals surface area contributed by atoms with Gasteiger partial charge in [0.05, 0.1) is 0 Å². The van der Waals surface area contributed by atoms with Crippen molar-refractivity contribution >= 4 is 11.7 Å². The van der Waals surface area contributed by atoms with E-state index in [0.717, 1.165) is 0 Å². The number of anilines is 1. The molecule has 0 spiro atoms. The van der Waals surface area contributed by atoms with Crippen LogP contribution in [0.5, 0.6) is 0 Å². The maximum atomic E-state index is 10.7. The van der Waals surface area contributed by atoms with E-state index in [0.29, 0.717) is 0 Å². The van der Waals surface area contributed by atoms with Crippen molar-refractivity contribution in [2.45, 2.75) is 0 Å². The van der Waals surface area contributed by atoms with Crippen molar-refractivity contribution in [1.82, 2.24) is 10.6 Å². The van der Waals surface area contributed by atoms with Crippen LogP contribution in [-0.4, -0.2) is 11.1 Å². The Morgan fingerprint density at radius 3 is 2.82 bits per heavy atom. The van der Waals surface area contributed by atoms with Crippen LogP contribution >= 0.6 is 0 Å². The van der Waals surface area contributed by atoms with Crippen LogP contribution < -0.4 is 21.9 Å². The highest BCUT2D eigenvalue weighted by Gasteiger charge is 2.20. The summed E-state index contributed by atoms with van der Waals surface area (Å²) >= 11 is 0. The second-order valence-corrected chi connectivity index (χ2v) is 1.64. The highest BCUT2D eigenvalue weighted by atomic mass is 16.8. The number of carbonyl (C=O) groups is 1. The molecule has 0 aliphatic heterocycles. The minimum absolute atomic E-state index is 0.0927. The second kappa shape index (κ2) is 2.42. The summed E-state index contributed by atoms with van der Waals surface area (Å²) in [5.41, 5.74) is 6.47. The van der Waals surface area contributed by atoms with Crippen LogP contribution in [0.3, 0.4) is 0 Å². The zero-order valence-electron chi connectivity index (χ0n) is 5.27. The van der Waals surface area contributed by atoms with Crippen LogP contribution in [0.15, 0.2) is 4.63 Å². The average Bonchev–Trinajstić information content (AvgIpc) is 2.32. The van der Waals surface area contributed by atoms with Gasteiger partial charge >= 0.3 is 11.7 Å². The molecule has 8 nitrogen and oxygen atoms in total. The van der Waals surface area contributed by atoms with E-state index in [1.165, 1.54) is 0 Å². The summed E-state index contributed by atoms with van der Waals surface area (Å²) in [6, 6.07) is 0. The van der Waals surface area contributed by atoms with Crippen molar-refractivity contribution in [3.8, 4) is 0 Å². The molecule has 8 heteroatoms. The Hall–Kier alpha value is -1.83. The van der Waals surface area contributed by atoms with Gasteiger partial charge in [0.1, 0.15) is 0 Å². The Kier molecular flexibility index (Phi) is 1.60. The van der Waals surface area contributed by atoms with Crippen LogP contribution in [0.4, 0.5) is 5.82 Å². The smallest absolute Gasteiger partial charge is 0.309 e. The molecular weight excluding hydrogens is 154 g/mol. The van der Waals surface area contributed by atoms with Crippen molar-refractivity contribution in [2.75, 3.05) is 5.73 Å². The predicted octanol–water partition coefficient (Wildman–Crippen LogP) is -2.51. The first-order chi connectivity index (χ1) is 5.16. The lowest BCUT2D eigenvalue weighted by Crippen LogP contribution is -2.33. The van der Waals surface area contributed by atoms with Gasteiger partial charge in [-0.05, 0) is 5.16 Å². The number of aromatic nitrogens is 2. The molecule has 0 atom stereocenters. The maximum absolute atomic E-state index is 10.7. The molecule has 0 aliphatic carbocycles. The fourth-order valence-electron chi connectivity index (χ4n) is 0.481. The van der Waals surface area contributed by atoms with Crippen molar-refractivity contribution in [2.24, 2.45) is 5.84 Å². The third-order valence-electron chi connectivity index (χ3n) is 0.992. The van der Waals surface area contributed by atoms with Crippen LogP contribution in [0.2, 0.25) is 0 Å². The first kappa shape index (κ1) is 7.28.